The van der Waals surface area contributed by atoms with E-state index in [1.54, 1.807) is 24.2 Å². The number of hydrogen-bond acceptors (Lipinski definition) is 3. The highest BCUT2D eigenvalue weighted by Gasteiger charge is 2.07. The summed E-state index contributed by atoms with van der Waals surface area (Å²) in [5, 5.41) is 3.19. The van der Waals surface area contributed by atoms with Gasteiger partial charge in [0.2, 0.25) is 0 Å². The lowest BCUT2D eigenvalue weighted by molar-refractivity contribution is 0.199. The Morgan fingerprint density at radius 1 is 1.35 bits per heavy atom. The van der Waals surface area contributed by atoms with Gasteiger partial charge >= 0.3 is 0 Å². The lowest BCUT2D eigenvalue weighted by atomic mass is 10.2. The lowest BCUT2D eigenvalue weighted by Gasteiger charge is -2.10. The van der Waals surface area contributed by atoms with Gasteiger partial charge in [0.25, 0.3) is 0 Å². The Morgan fingerprint density at radius 3 is 3.00 bits per heavy atom. The van der Waals surface area contributed by atoms with E-state index in [2.05, 4.69) is 10.3 Å². The maximum absolute atomic E-state index is 13.6. The molecule has 2 aromatic rings. The average Bonchev–Trinajstić information content (AvgIpc) is 2.86. The summed E-state index contributed by atoms with van der Waals surface area (Å²) in [4.78, 5) is 4.04. The number of rotatable bonds is 7. The molecule has 0 fully saturated rings. The summed E-state index contributed by atoms with van der Waals surface area (Å²) < 4.78 is 33.5. The van der Waals surface area contributed by atoms with Gasteiger partial charge in [-0.05, 0) is 18.2 Å². The molecule has 6 heteroatoms. The summed E-state index contributed by atoms with van der Waals surface area (Å²) >= 11 is 0. The van der Waals surface area contributed by atoms with E-state index in [9.17, 15) is 8.78 Å². The SMILES string of the molecule is COCCNCc1cncn1Cc1cc(F)ccc1F. The summed E-state index contributed by atoms with van der Waals surface area (Å²) in [6, 6.07) is 3.45. The Hall–Kier alpha value is -1.79. The second-order valence-electron chi connectivity index (χ2n) is 4.42. The molecule has 0 aliphatic rings. The van der Waals surface area contributed by atoms with Crippen LogP contribution in [0.4, 0.5) is 8.78 Å². The van der Waals surface area contributed by atoms with E-state index in [1.165, 1.54) is 6.07 Å². The van der Waals surface area contributed by atoms with Crippen molar-refractivity contribution in [2.24, 2.45) is 0 Å². The quantitative estimate of drug-likeness (QED) is 0.788. The summed E-state index contributed by atoms with van der Waals surface area (Å²) in [5.74, 6) is -0.861. The lowest BCUT2D eigenvalue weighted by Crippen LogP contribution is -2.20. The number of aromatic nitrogens is 2. The van der Waals surface area contributed by atoms with Crippen molar-refractivity contribution in [3.05, 3.63) is 53.6 Å². The molecule has 1 heterocycles. The van der Waals surface area contributed by atoms with Gasteiger partial charge in [0.05, 0.1) is 25.2 Å². The van der Waals surface area contributed by atoms with Gasteiger partial charge in [-0.1, -0.05) is 0 Å². The molecule has 20 heavy (non-hydrogen) atoms. The minimum absolute atomic E-state index is 0.255. The average molecular weight is 281 g/mol. The fourth-order valence-electron chi connectivity index (χ4n) is 1.88. The first kappa shape index (κ1) is 14.6. The molecular weight excluding hydrogens is 264 g/mol. The maximum Gasteiger partial charge on any atom is 0.128 e. The van der Waals surface area contributed by atoms with Crippen LogP contribution >= 0.6 is 0 Å². The molecule has 0 bridgehead atoms. The molecule has 0 spiro atoms. The van der Waals surface area contributed by atoms with Crippen LogP contribution in [0.25, 0.3) is 0 Å². The largest absolute Gasteiger partial charge is 0.383 e. The smallest absolute Gasteiger partial charge is 0.128 e. The van der Waals surface area contributed by atoms with Crippen molar-refractivity contribution in [1.29, 1.82) is 0 Å². The Bertz CT molecular complexity index is 557. The second kappa shape index (κ2) is 7.12. The van der Waals surface area contributed by atoms with E-state index in [0.29, 0.717) is 18.7 Å². The third-order valence-corrected chi connectivity index (χ3v) is 2.94. The van der Waals surface area contributed by atoms with Crippen LogP contribution in [0.2, 0.25) is 0 Å². The molecule has 0 saturated heterocycles. The van der Waals surface area contributed by atoms with Gasteiger partial charge in [0, 0.05) is 32.0 Å². The molecule has 0 radical (unpaired) electrons. The van der Waals surface area contributed by atoms with Crippen molar-refractivity contribution in [3.63, 3.8) is 0 Å². The fraction of sp³-hybridized carbons (Fsp3) is 0.357. The minimum atomic E-state index is -0.443. The molecule has 2 rings (SSSR count). The van der Waals surface area contributed by atoms with Crippen molar-refractivity contribution in [1.82, 2.24) is 14.9 Å². The number of imidazole rings is 1. The predicted octanol–water partition coefficient (Wildman–Crippen LogP) is 1.95. The minimum Gasteiger partial charge on any atom is -0.383 e. The van der Waals surface area contributed by atoms with Crippen LogP contribution in [0.5, 0.6) is 0 Å². The van der Waals surface area contributed by atoms with Crippen molar-refractivity contribution in [2.75, 3.05) is 20.3 Å². The van der Waals surface area contributed by atoms with Gasteiger partial charge in [-0.25, -0.2) is 13.8 Å². The standard InChI is InChI=1S/C14H17F2N3O/c1-20-5-4-17-7-13-8-18-10-19(13)9-11-6-12(15)2-3-14(11)16/h2-3,6,8,10,17H,4-5,7,9H2,1H3. The molecule has 1 N–H and O–H groups in total. The molecule has 108 valence electrons. The number of benzene rings is 1. The Balaban J connectivity index is 2.02. The van der Waals surface area contributed by atoms with E-state index < -0.39 is 11.6 Å². The summed E-state index contributed by atoms with van der Waals surface area (Å²) in [6.07, 6.45) is 3.31. The molecule has 0 unspecified atom stereocenters. The van der Waals surface area contributed by atoms with Gasteiger partial charge in [0.15, 0.2) is 0 Å². The van der Waals surface area contributed by atoms with Gasteiger partial charge in [-0.3, -0.25) is 0 Å². The summed E-state index contributed by atoms with van der Waals surface area (Å²) in [6.45, 7) is 2.19. The molecule has 0 aliphatic carbocycles. The number of methoxy groups -OCH3 is 1. The number of nitrogens with one attached hydrogen (secondary N) is 1. The van der Waals surface area contributed by atoms with Crippen LogP contribution in [-0.2, 0) is 17.8 Å². The van der Waals surface area contributed by atoms with Crippen LogP contribution in [-0.4, -0.2) is 29.8 Å². The number of halogens is 2. The van der Waals surface area contributed by atoms with Gasteiger partial charge in [-0.15, -0.1) is 0 Å². The molecule has 0 aliphatic heterocycles. The van der Waals surface area contributed by atoms with Crippen molar-refractivity contribution in [2.45, 2.75) is 13.1 Å². The van der Waals surface area contributed by atoms with Crippen LogP contribution in [0.1, 0.15) is 11.3 Å². The summed E-state index contributed by atoms with van der Waals surface area (Å²) in [7, 11) is 1.64. The van der Waals surface area contributed by atoms with Crippen LogP contribution < -0.4 is 5.32 Å². The molecule has 0 atom stereocenters. The number of nitrogens with zero attached hydrogens (tertiary/aromatic N) is 2. The normalized spacial score (nSPS) is 10.9. The molecule has 1 aromatic heterocycles. The van der Waals surface area contributed by atoms with Gasteiger partial charge in [-0.2, -0.15) is 0 Å². The highest BCUT2D eigenvalue weighted by molar-refractivity contribution is 5.19. The van der Waals surface area contributed by atoms with E-state index in [4.69, 9.17) is 4.74 Å². The fourth-order valence-corrected chi connectivity index (χ4v) is 1.88. The molecule has 0 amide bonds. The Morgan fingerprint density at radius 2 is 2.20 bits per heavy atom. The first-order valence-electron chi connectivity index (χ1n) is 6.33. The van der Waals surface area contributed by atoms with Crippen molar-refractivity contribution >= 4 is 0 Å². The molecule has 0 saturated carbocycles. The van der Waals surface area contributed by atoms with Crippen LogP contribution in [0.3, 0.4) is 0 Å². The zero-order valence-corrected chi connectivity index (χ0v) is 11.3. The van der Waals surface area contributed by atoms with E-state index in [-0.39, 0.29) is 6.54 Å². The van der Waals surface area contributed by atoms with E-state index in [0.717, 1.165) is 24.4 Å². The monoisotopic (exact) mass is 281 g/mol. The molecular formula is C14H17F2N3O. The second-order valence-corrected chi connectivity index (χ2v) is 4.42. The van der Waals surface area contributed by atoms with Crippen molar-refractivity contribution in [3.8, 4) is 0 Å². The van der Waals surface area contributed by atoms with E-state index in [1.807, 2.05) is 0 Å². The highest BCUT2D eigenvalue weighted by atomic mass is 19.1. The topological polar surface area (TPSA) is 39.1 Å². The third kappa shape index (κ3) is 3.85. The van der Waals surface area contributed by atoms with Gasteiger partial charge in [0.1, 0.15) is 11.6 Å². The summed E-state index contributed by atoms with van der Waals surface area (Å²) in [5.41, 5.74) is 1.21. The van der Waals surface area contributed by atoms with Crippen molar-refractivity contribution < 1.29 is 13.5 Å². The van der Waals surface area contributed by atoms with Gasteiger partial charge < -0.3 is 14.6 Å². The first-order chi connectivity index (χ1) is 9.70. The van der Waals surface area contributed by atoms with E-state index >= 15 is 0 Å². The Kier molecular flexibility index (Phi) is 5.20. The molecule has 4 nitrogen and oxygen atoms in total. The molecule has 1 aromatic carbocycles. The Labute approximate surface area is 116 Å². The number of hydrogen-bond donors (Lipinski definition) is 1. The zero-order valence-electron chi connectivity index (χ0n) is 11.3. The zero-order chi connectivity index (χ0) is 14.4. The van der Waals surface area contributed by atoms with Crippen LogP contribution in [0.15, 0.2) is 30.7 Å². The van der Waals surface area contributed by atoms with Crippen LogP contribution in [0, 0.1) is 11.6 Å². The number of ether oxygens (including phenoxy) is 1. The maximum atomic E-state index is 13.6. The first-order valence-corrected chi connectivity index (χ1v) is 6.33. The highest BCUT2D eigenvalue weighted by Crippen LogP contribution is 2.12. The predicted molar refractivity (Wildman–Crippen MR) is 71.3 cm³/mol. The third-order valence-electron chi connectivity index (χ3n) is 2.94.